The molecule has 0 fully saturated rings. The number of imidazole rings is 2. The maximum absolute atomic E-state index is 12.3. The highest BCUT2D eigenvalue weighted by molar-refractivity contribution is 7.82. The van der Waals surface area contributed by atoms with Gasteiger partial charge in [-0.1, -0.05) is 23.2 Å². The minimum Gasteiger partial charge on any atom is -0.326 e. The van der Waals surface area contributed by atoms with Crippen LogP contribution in [-0.2, 0) is 9.13 Å². The van der Waals surface area contributed by atoms with Crippen LogP contribution in [0.4, 0.5) is 0 Å². The fourth-order valence-electron chi connectivity index (χ4n) is 1.27. The van der Waals surface area contributed by atoms with Crippen LogP contribution in [0.3, 0.4) is 0 Å². The number of hydrogen-bond acceptors (Lipinski definition) is 4. The summed E-state index contributed by atoms with van der Waals surface area (Å²) < 4.78 is 23.1. The molecule has 2 aromatic rings. The first-order valence-corrected chi connectivity index (χ1v) is 8.70. The molecule has 0 aromatic carbocycles. The highest BCUT2D eigenvalue weighted by Crippen LogP contribution is 2.77. The van der Waals surface area contributed by atoms with Crippen molar-refractivity contribution in [3.05, 3.63) is 37.4 Å². The van der Waals surface area contributed by atoms with E-state index >= 15 is 0 Å². The maximum atomic E-state index is 12.3. The summed E-state index contributed by atoms with van der Waals surface area (Å²) in [5.74, 6) is 0. The SMILES string of the molecule is O=P(O)(n1ccnc1)C(Cl)(Cl)P(=O)(O)n1ccnc1. The van der Waals surface area contributed by atoms with Crippen molar-refractivity contribution in [3.8, 4) is 0 Å². The third-order valence-electron chi connectivity index (χ3n) is 2.31. The smallest absolute Gasteiger partial charge is 0.326 e. The van der Waals surface area contributed by atoms with E-state index in [1.54, 1.807) is 0 Å². The second-order valence-corrected chi connectivity index (χ2v) is 10.7. The van der Waals surface area contributed by atoms with Gasteiger partial charge in [0.2, 0.25) is 0 Å². The summed E-state index contributed by atoms with van der Waals surface area (Å²) in [6, 6.07) is 0. The monoisotopic (exact) mass is 344 g/mol. The quantitative estimate of drug-likeness (QED) is 0.647. The predicted octanol–water partition coefficient (Wildman–Crippen LogP) is 1.94. The van der Waals surface area contributed by atoms with Crippen molar-refractivity contribution in [3.63, 3.8) is 0 Å². The van der Waals surface area contributed by atoms with Gasteiger partial charge in [-0.25, -0.2) is 9.97 Å². The first-order chi connectivity index (χ1) is 8.71. The molecule has 2 N–H and O–H groups in total. The summed E-state index contributed by atoms with van der Waals surface area (Å²) >= 11 is 11.5. The van der Waals surface area contributed by atoms with Crippen molar-refractivity contribution in [2.45, 2.75) is 3.82 Å². The van der Waals surface area contributed by atoms with E-state index in [9.17, 15) is 18.9 Å². The van der Waals surface area contributed by atoms with Gasteiger partial charge < -0.3 is 9.79 Å². The Balaban J connectivity index is 2.54. The highest BCUT2D eigenvalue weighted by Gasteiger charge is 2.61. The molecule has 0 saturated carbocycles. The predicted molar refractivity (Wildman–Crippen MR) is 69.3 cm³/mol. The van der Waals surface area contributed by atoms with Crippen LogP contribution in [0.15, 0.2) is 37.4 Å². The highest BCUT2D eigenvalue weighted by atomic mass is 35.5. The fourth-order valence-corrected chi connectivity index (χ4v) is 5.73. The Morgan fingerprint density at radius 2 is 1.32 bits per heavy atom. The zero-order valence-electron chi connectivity index (χ0n) is 9.11. The summed E-state index contributed by atoms with van der Waals surface area (Å²) in [6.07, 6.45) is 6.63. The molecule has 0 aliphatic carbocycles. The lowest BCUT2D eigenvalue weighted by molar-refractivity contribution is 0.444. The molecule has 2 unspecified atom stereocenters. The van der Waals surface area contributed by atoms with Gasteiger partial charge in [-0.05, 0) is 0 Å². The molecule has 104 valence electrons. The zero-order valence-corrected chi connectivity index (χ0v) is 12.4. The van der Waals surface area contributed by atoms with Crippen molar-refractivity contribution < 1.29 is 18.9 Å². The van der Waals surface area contributed by atoms with Gasteiger partial charge in [0, 0.05) is 24.8 Å². The van der Waals surface area contributed by atoms with Gasteiger partial charge in [-0.15, -0.1) is 0 Å². The van der Waals surface area contributed by atoms with Gasteiger partial charge in [0.1, 0.15) is 12.7 Å². The van der Waals surface area contributed by atoms with Crippen LogP contribution in [0, 0.1) is 0 Å². The van der Waals surface area contributed by atoms with E-state index in [0.717, 1.165) is 25.0 Å². The van der Waals surface area contributed by atoms with E-state index in [-0.39, 0.29) is 0 Å². The second kappa shape index (κ2) is 4.74. The van der Waals surface area contributed by atoms with Crippen molar-refractivity contribution in [1.82, 2.24) is 18.6 Å². The summed E-state index contributed by atoms with van der Waals surface area (Å²) in [5.41, 5.74) is 0. The first kappa shape index (κ1) is 14.8. The lowest BCUT2D eigenvalue weighted by Crippen LogP contribution is -2.21. The third-order valence-corrected chi connectivity index (χ3v) is 9.64. The van der Waals surface area contributed by atoms with E-state index in [1.807, 2.05) is 0 Å². The maximum Gasteiger partial charge on any atom is 0.346 e. The molecule has 0 radical (unpaired) electrons. The van der Waals surface area contributed by atoms with Gasteiger partial charge in [-0.3, -0.25) is 17.8 Å². The molecule has 0 saturated heterocycles. The third kappa shape index (κ3) is 2.18. The molecule has 0 amide bonds. The molecule has 8 nitrogen and oxygen atoms in total. The minimum atomic E-state index is -4.64. The van der Waals surface area contributed by atoms with Crippen molar-refractivity contribution >= 4 is 38.2 Å². The number of nitrogens with zero attached hydrogens (tertiary/aromatic N) is 4. The molecule has 0 aliphatic heterocycles. The first-order valence-electron chi connectivity index (χ1n) is 4.72. The summed E-state index contributed by atoms with van der Waals surface area (Å²) in [5, 5.41) is 0. The van der Waals surface area contributed by atoms with E-state index in [2.05, 4.69) is 9.97 Å². The van der Waals surface area contributed by atoms with Gasteiger partial charge in [0.25, 0.3) is 0 Å². The lowest BCUT2D eigenvalue weighted by atomic mass is 11.0. The molecule has 0 spiro atoms. The lowest BCUT2D eigenvalue weighted by Gasteiger charge is -2.29. The van der Waals surface area contributed by atoms with Crippen LogP contribution in [0.1, 0.15) is 0 Å². The number of hydrogen-bond donors (Lipinski definition) is 2. The van der Waals surface area contributed by atoms with Crippen LogP contribution in [0.5, 0.6) is 0 Å². The van der Waals surface area contributed by atoms with Gasteiger partial charge in [0.15, 0.2) is 0 Å². The topological polar surface area (TPSA) is 110 Å². The van der Waals surface area contributed by atoms with E-state index < -0.39 is 18.9 Å². The van der Waals surface area contributed by atoms with E-state index in [0.29, 0.717) is 8.68 Å². The van der Waals surface area contributed by atoms with Gasteiger partial charge >= 0.3 is 18.9 Å². The number of alkyl halides is 2. The minimum absolute atomic E-state index is 0.701. The van der Waals surface area contributed by atoms with Crippen LogP contribution in [0.25, 0.3) is 0 Å². The molecular formula is C7H8Cl2N4O4P2. The summed E-state index contributed by atoms with van der Waals surface area (Å²) in [6.45, 7) is 0. The van der Waals surface area contributed by atoms with Gasteiger partial charge in [-0.2, -0.15) is 0 Å². The Morgan fingerprint density at radius 1 is 0.947 bits per heavy atom. The molecular weight excluding hydrogens is 337 g/mol. The Kier molecular flexibility index (Phi) is 3.68. The average molecular weight is 345 g/mol. The van der Waals surface area contributed by atoms with Gasteiger partial charge in [0.05, 0.1) is 0 Å². The fraction of sp³-hybridized carbons (Fsp3) is 0.143. The average Bonchev–Trinajstić information content (AvgIpc) is 3.02. The molecule has 2 heterocycles. The molecule has 19 heavy (non-hydrogen) atoms. The molecule has 2 atom stereocenters. The Hall–Kier alpha value is -0.620. The van der Waals surface area contributed by atoms with Crippen LogP contribution in [0.2, 0.25) is 0 Å². The number of halogens is 2. The molecule has 2 aromatic heterocycles. The Morgan fingerprint density at radius 3 is 1.58 bits per heavy atom. The van der Waals surface area contributed by atoms with E-state index in [4.69, 9.17) is 23.2 Å². The standard InChI is InChI=1S/C7H8Cl2N4O4P2/c8-7(9,18(14,15)12-3-1-10-5-12)19(16,17)13-4-2-11-6-13/h1-6H,(H,14,15)(H,16,17). The van der Waals surface area contributed by atoms with Crippen LogP contribution >= 0.6 is 38.2 Å². The van der Waals surface area contributed by atoms with Crippen LogP contribution < -0.4 is 0 Å². The van der Waals surface area contributed by atoms with Crippen molar-refractivity contribution in [2.24, 2.45) is 0 Å². The summed E-state index contributed by atoms with van der Waals surface area (Å²) in [4.78, 5) is 27.1. The number of aromatic nitrogens is 4. The zero-order chi connectivity index (χ0) is 14.3. The largest absolute Gasteiger partial charge is 0.346 e. The Labute approximate surface area is 117 Å². The normalized spacial score (nSPS) is 18.7. The Bertz CT molecular complexity index is 600. The van der Waals surface area contributed by atoms with E-state index in [1.165, 1.54) is 12.4 Å². The summed E-state index contributed by atoms with van der Waals surface area (Å²) in [7, 11) is -9.28. The van der Waals surface area contributed by atoms with Crippen molar-refractivity contribution in [2.75, 3.05) is 0 Å². The molecule has 12 heteroatoms. The van der Waals surface area contributed by atoms with Crippen LogP contribution in [-0.4, -0.2) is 32.2 Å². The molecule has 2 rings (SSSR count). The number of rotatable bonds is 4. The second-order valence-electron chi connectivity index (χ2n) is 3.48. The molecule has 0 aliphatic rings. The van der Waals surface area contributed by atoms with Crippen molar-refractivity contribution in [1.29, 1.82) is 0 Å². The molecule has 0 bridgehead atoms.